The minimum atomic E-state index is -0.575. The van der Waals surface area contributed by atoms with Crippen molar-refractivity contribution in [2.45, 2.75) is 31.3 Å². The van der Waals surface area contributed by atoms with E-state index in [0.29, 0.717) is 6.54 Å². The molecule has 1 saturated carbocycles. The molecule has 0 saturated heterocycles. The Hall–Kier alpha value is -1.42. The molecule has 1 aliphatic rings. The highest BCUT2D eigenvalue weighted by Gasteiger charge is 2.30. The molecule has 1 aromatic carbocycles. The van der Waals surface area contributed by atoms with Crippen LogP contribution in [-0.2, 0) is 0 Å². The lowest BCUT2D eigenvalue weighted by molar-refractivity contribution is 0.0614. The van der Waals surface area contributed by atoms with Gasteiger partial charge in [-0.25, -0.2) is 0 Å². The molecular formula is C14H21NO3. The van der Waals surface area contributed by atoms with Crippen LogP contribution in [0.3, 0.4) is 0 Å². The molecule has 100 valence electrons. The summed E-state index contributed by atoms with van der Waals surface area (Å²) in [5.41, 5.74) is 0.283. The van der Waals surface area contributed by atoms with Crippen molar-refractivity contribution < 1.29 is 14.6 Å². The van der Waals surface area contributed by atoms with Crippen molar-refractivity contribution in [2.24, 2.45) is 0 Å². The molecule has 2 N–H and O–H groups in total. The Bertz CT molecular complexity index is 400. The fourth-order valence-corrected chi connectivity index (χ4v) is 2.42. The third kappa shape index (κ3) is 2.88. The third-order valence-corrected chi connectivity index (χ3v) is 3.55. The first-order chi connectivity index (χ1) is 8.67. The predicted molar refractivity (Wildman–Crippen MR) is 71.5 cm³/mol. The maximum atomic E-state index is 10.3. The van der Waals surface area contributed by atoms with Gasteiger partial charge < -0.3 is 19.9 Å². The van der Waals surface area contributed by atoms with Crippen LogP contribution in [0.4, 0.5) is 5.69 Å². The van der Waals surface area contributed by atoms with E-state index in [-0.39, 0.29) is 0 Å². The topological polar surface area (TPSA) is 50.7 Å². The quantitative estimate of drug-likeness (QED) is 0.844. The molecule has 18 heavy (non-hydrogen) atoms. The highest BCUT2D eigenvalue weighted by molar-refractivity contribution is 5.59. The summed E-state index contributed by atoms with van der Waals surface area (Å²) in [4.78, 5) is 0. The van der Waals surface area contributed by atoms with Gasteiger partial charge in [0.1, 0.15) is 11.5 Å². The molecule has 4 heteroatoms. The van der Waals surface area contributed by atoms with E-state index >= 15 is 0 Å². The monoisotopic (exact) mass is 251 g/mol. The molecule has 0 atom stereocenters. The molecule has 0 amide bonds. The van der Waals surface area contributed by atoms with Crippen molar-refractivity contribution in [1.29, 1.82) is 0 Å². The smallest absolute Gasteiger partial charge is 0.142 e. The van der Waals surface area contributed by atoms with Gasteiger partial charge in [0.2, 0.25) is 0 Å². The molecular weight excluding hydrogens is 230 g/mol. The molecule has 0 aliphatic heterocycles. The molecule has 0 heterocycles. The van der Waals surface area contributed by atoms with Crippen LogP contribution in [-0.4, -0.2) is 31.5 Å². The summed E-state index contributed by atoms with van der Waals surface area (Å²) in [5.74, 6) is 1.54. The maximum absolute atomic E-state index is 10.3. The van der Waals surface area contributed by atoms with E-state index in [1.165, 1.54) is 0 Å². The molecule has 4 nitrogen and oxygen atoms in total. The molecule has 1 fully saturated rings. The number of methoxy groups -OCH3 is 2. The number of hydrogen-bond acceptors (Lipinski definition) is 4. The van der Waals surface area contributed by atoms with Gasteiger partial charge in [-0.1, -0.05) is 12.8 Å². The van der Waals surface area contributed by atoms with Crippen LogP contribution in [0.15, 0.2) is 18.2 Å². The highest BCUT2D eigenvalue weighted by atomic mass is 16.5. The second kappa shape index (κ2) is 5.48. The van der Waals surface area contributed by atoms with Crippen molar-refractivity contribution in [3.05, 3.63) is 18.2 Å². The van der Waals surface area contributed by atoms with Crippen LogP contribution in [0.2, 0.25) is 0 Å². The van der Waals surface area contributed by atoms with E-state index in [1.54, 1.807) is 14.2 Å². The molecule has 0 aromatic heterocycles. The van der Waals surface area contributed by atoms with E-state index in [2.05, 4.69) is 5.32 Å². The molecule has 2 rings (SSSR count). The Morgan fingerprint density at radius 1 is 1.22 bits per heavy atom. The summed E-state index contributed by atoms with van der Waals surface area (Å²) in [5, 5.41) is 13.6. The molecule has 0 radical (unpaired) electrons. The van der Waals surface area contributed by atoms with Crippen molar-refractivity contribution in [3.63, 3.8) is 0 Å². The third-order valence-electron chi connectivity index (χ3n) is 3.55. The molecule has 0 unspecified atom stereocenters. The van der Waals surface area contributed by atoms with Crippen LogP contribution in [0, 0.1) is 0 Å². The second-order valence-electron chi connectivity index (χ2n) is 4.85. The summed E-state index contributed by atoms with van der Waals surface area (Å²) in [6.45, 7) is 0.552. The van der Waals surface area contributed by atoms with Crippen LogP contribution in [0.25, 0.3) is 0 Å². The summed E-state index contributed by atoms with van der Waals surface area (Å²) in [6.07, 6.45) is 3.94. The number of aliphatic hydroxyl groups is 1. The second-order valence-corrected chi connectivity index (χ2v) is 4.85. The lowest BCUT2D eigenvalue weighted by atomic mass is 10.0. The zero-order chi connectivity index (χ0) is 13.0. The Kier molecular flexibility index (Phi) is 3.97. The molecule has 0 bridgehead atoms. The summed E-state index contributed by atoms with van der Waals surface area (Å²) in [6, 6.07) is 5.60. The van der Waals surface area contributed by atoms with Gasteiger partial charge in [-0.15, -0.1) is 0 Å². The lowest BCUT2D eigenvalue weighted by Gasteiger charge is -2.24. The minimum Gasteiger partial charge on any atom is -0.497 e. The average molecular weight is 251 g/mol. The lowest BCUT2D eigenvalue weighted by Crippen LogP contribution is -2.33. The zero-order valence-electron chi connectivity index (χ0n) is 11.0. The SMILES string of the molecule is COc1ccc(OC)c(NCC2(O)CCCC2)c1. The Labute approximate surface area is 108 Å². The standard InChI is InChI=1S/C14H21NO3/c1-17-11-5-6-13(18-2)12(9-11)15-10-14(16)7-3-4-8-14/h5-6,9,15-16H,3-4,7-8,10H2,1-2H3. The number of nitrogens with one attached hydrogen (secondary N) is 1. The van der Waals surface area contributed by atoms with Crippen molar-refractivity contribution in [1.82, 2.24) is 0 Å². The number of ether oxygens (including phenoxy) is 2. The average Bonchev–Trinajstić information content (AvgIpc) is 2.83. The summed E-state index contributed by atoms with van der Waals surface area (Å²) < 4.78 is 10.5. The van der Waals surface area contributed by atoms with Gasteiger partial charge >= 0.3 is 0 Å². The number of benzene rings is 1. The summed E-state index contributed by atoms with van der Waals surface area (Å²) in [7, 11) is 3.27. The van der Waals surface area contributed by atoms with Crippen molar-refractivity contribution in [3.8, 4) is 11.5 Å². The largest absolute Gasteiger partial charge is 0.497 e. The van der Waals surface area contributed by atoms with Crippen LogP contribution < -0.4 is 14.8 Å². The molecule has 1 aromatic rings. The fraction of sp³-hybridized carbons (Fsp3) is 0.571. The Morgan fingerprint density at radius 2 is 1.94 bits per heavy atom. The number of rotatable bonds is 5. The van der Waals surface area contributed by atoms with Crippen LogP contribution in [0.1, 0.15) is 25.7 Å². The van der Waals surface area contributed by atoms with Crippen LogP contribution >= 0.6 is 0 Å². The maximum Gasteiger partial charge on any atom is 0.142 e. The zero-order valence-corrected chi connectivity index (χ0v) is 11.0. The normalized spacial score (nSPS) is 17.5. The predicted octanol–water partition coefficient (Wildman–Crippen LogP) is 2.42. The van der Waals surface area contributed by atoms with Gasteiger partial charge in [-0.3, -0.25) is 0 Å². The van der Waals surface area contributed by atoms with Gasteiger partial charge in [0.15, 0.2) is 0 Å². The van der Waals surface area contributed by atoms with Crippen molar-refractivity contribution in [2.75, 3.05) is 26.1 Å². The van der Waals surface area contributed by atoms with E-state index in [0.717, 1.165) is 42.9 Å². The van der Waals surface area contributed by atoms with Gasteiger partial charge in [-0.2, -0.15) is 0 Å². The first-order valence-electron chi connectivity index (χ1n) is 6.35. The highest BCUT2D eigenvalue weighted by Crippen LogP contribution is 2.33. The molecule has 1 aliphatic carbocycles. The van der Waals surface area contributed by atoms with E-state index in [4.69, 9.17) is 9.47 Å². The Morgan fingerprint density at radius 3 is 2.56 bits per heavy atom. The van der Waals surface area contributed by atoms with E-state index in [1.807, 2.05) is 18.2 Å². The first-order valence-corrected chi connectivity index (χ1v) is 6.35. The van der Waals surface area contributed by atoms with Gasteiger partial charge in [0.25, 0.3) is 0 Å². The fourth-order valence-electron chi connectivity index (χ4n) is 2.42. The first kappa shape index (κ1) is 13.0. The van der Waals surface area contributed by atoms with E-state index in [9.17, 15) is 5.11 Å². The van der Waals surface area contributed by atoms with Gasteiger partial charge in [-0.05, 0) is 25.0 Å². The van der Waals surface area contributed by atoms with Gasteiger partial charge in [0, 0.05) is 12.6 Å². The van der Waals surface area contributed by atoms with Gasteiger partial charge in [0.05, 0.1) is 25.5 Å². The van der Waals surface area contributed by atoms with Crippen molar-refractivity contribution >= 4 is 5.69 Å². The summed E-state index contributed by atoms with van der Waals surface area (Å²) >= 11 is 0. The molecule has 0 spiro atoms. The minimum absolute atomic E-state index is 0.552. The number of hydrogen-bond donors (Lipinski definition) is 2. The van der Waals surface area contributed by atoms with Crippen LogP contribution in [0.5, 0.6) is 11.5 Å². The Balaban J connectivity index is 2.07. The van der Waals surface area contributed by atoms with E-state index < -0.39 is 5.60 Å². The number of anilines is 1.